The average Bonchev–Trinajstić information content (AvgIpc) is 2.59. The zero-order valence-corrected chi connectivity index (χ0v) is 15.2. The molecule has 0 atom stereocenters. The summed E-state index contributed by atoms with van der Waals surface area (Å²) >= 11 is 0. The van der Waals surface area contributed by atoms with Crippen LogP contribution < -0.4 is 14.8 Å². The Balaban J connectivity index is 1.74. The molecule has 26 heavy (non-hydrogen) atoms. The van der Waals surface area contributed by atoms with Gasteiger partial charge in [0.2, 0.25) is 5.91 Å². The van der Waals surface area contributed by atoms with Crippen LogP contribution in [0.25, 0.3) is 0 Å². The number of benzene rings is 2. The Morgan fingerprint density at radius 2 is 1.73 bits per heavy atom. The first kappa shape index (κ1) is 19.3. The van der Waals surface area contributed by atoms with Crippen LogP contribution in [0.5, 0.6) is 11.5 Å². The van der Waals surface area contributed by atoms with Crippen LogP contribution in [0.1, 0.15) is 23.1 Å². The van der Waals surface area contributed by atoms with Crippen LogP contribution in [0.4, 0.5) is 0 Å². The molecule has 2 rings (SSSR count). The van der Waals surface area contributed by atoms with Gasteiger partial charge in [-0.15, -0.1) is 0 Å². The number of hydrogen-bond donors (Lipinski definition) is 1. The number of carbonyl (C=O) groups is 1. The van der Waals surface area contributed by atoms with Gasteiger partial charge in [0.1, 0.15) is 31.1 Å². The molecule has 2 aromatic rings. The van der Waals surface area contributed by atoms with Gasteiger partial charge in [-0.3, -0.25) is 4.79 Å². The monoisotopic (exact) mass is 352 g/mol. The SMILES string of the molecule is Cc1cc(C)cc(OCCOc2cccc(CCNC(=O)CC#N)c2)c1. The van der Waals surface area contributed by atoms with Crippen LogP contribution in [0.2, 0.25) is 0 Å². The highest BCUT2D eigenvalue weighted by molar-refractivity contribution is 5.77. The van der Waals surface area contributed by atoms with E-state index in [1.165, 1.54) is 11.1 Å². The predicted octanol–water partition coefficient (Wildman–Crippen LogP) is 3.33. The predicted molar refractivity (Wildman–Crippen MR) is 100 cm³/mol. The molecule has 0 aliphatic rings. The molecule has 0 radical (unpaired) electrons. The zero-order valence-electron chi connectivity index (χ0n) is 15.2. The van der Waals surface area contributed by atoms with E-state index in [1.54, 1.807) is 0 Å². The first-order valence-electron chi connectivity index (χ1n) is 8.63. The molecule has 0 saturated heterocycles. The van der Waals surface area contributed by atoms with Crippen molar-refractivity contribution in [1.82, 2.24) is 5.32 Å². The third kappa shape index (κ3) is 6.86. The van der Waals surface area contributed by atoms with E-state index in [1.807, 2.05) is 56.3 Å². The number of amides is 1. The molecule has 0 bridgehead atoms. The van der Waals surface area contributed by atoms with Gasteiger partial charge in [0.05, 0.1) is 6.07 Å². The highest BCUT2D eigenvalue weighted by atomic mass is 16.5. The third-order valence-corrected chi connectivity index (χ3v) is 3.69. The van der Waals surface area contributed by atoms with Crippen LogP contribution in [0.3, 0.4) is 0 Å². The lowest BCUT2D eigenvalue weighted by Crippen LogP contribution is -2.24. The van der Waals surface area contributed by atoms with E-state index >= 15 is 0 Å². The summed E-state index contributed by atoms with van der Waals surface area (Å²) in [7, 11) is 0. The number of hydrogen-bond acceptors (Lipinski definition) is 4. The summed E-state index contributed by atoms with van der Waals surface area (Å²) in [4.78, 5) is 11.3. The van der Waals surface area contributed by atoms with Crippen molar-refractivity contribution in [2.24, 2.45) is 0 Å². The Morgan fingerprint density at radius 3 is 2.42 bits per heavy atom. The van der Waals surface area contributed by atoms with Crippen molar-refractivity contribution in [2.75, 3.05) is 19.8 Å². The van der Waals surface area contributed by atoms with Gasteiger partial charge in [0, 0.05) is 6.54 Å². The summed E-state index contributed by atoms with van der Waals surface area (Å²) in [6.07, 6.45) is 0.580. The molecule has 0 saturated carbocycles. The molecule has 0 heterocycles. The summed E-state index contributed by atoms with van der Waals surface area (Å²) in [5.74, 6) is 1.38. The van der Waals surface area contributed by atoms with Crippen LogP contribution in [0, 0.1) is 25.2 Å². The fraction of sp³-hybridized carbons (Fsp3) is 0.333. The molecule has 0 aliphatic heterocycles. The van der Waals surface area contributed by atoms with Crippen molar-refractivity contribution in [3.8, 4) is 17.6 Å². The molecule has 5 nitrogen and oxygen atoms in total. The molecule has 0 aliphatic carbocycles. The second-order valence-electron chi connectivity index (χ2n) is 6.10. The van der Waals surface area contributed by atoms with Crippen molar-refractivity contribution in [2.45, 2.75) is 26.7 Å². The highest BCUT2D eigenvalue weighted by Gasteiger charge is 2.02. The maximum atomic E-state index is 11.3. The Morgan fingerprint density at radius 1 is 1.04 bits per heavy atom. The van der Waals surface area contributed by atoms with E-state index in [9.17, 15) is 4.79 Å². The Bertz CT molecular complexity index is 761. The lowest BCUT2D eigenvalue weighted by Gasteiger charge is -2.11. The maximum absolute atomic E-state index is 11.3. The zero-order chi connectivity index (χ0) is 18.8. The molecule has 0 spiro atoms. The largest absolute Gasteiger partial charge is 0.490 e. The van der Waals surface area contributed by atoms with E-state index in [2.05, 4.69) is 11.4 Å². The average molecular weight is 352 g/mol. The van der Waals surface area contributed by atoms with Gasteiger partial charge in [-0.2, -0.15) is 5.26 Å². The molecule has 1 amide bonds. The number of nitrogens with zero attached hydrogens (tertiary/aromatic N) is 1. The minimum absolute atomic E-state index is 0.108. The van der Waals surface area contributed by atoms with Gasteiger partial charge in [0.25, 0.3) is 0 Å². The van der Waals surface area contributed by atoms with Gasteiger partial charge >= 0.3 is 0 Å². The molecular formula is C21H24N2O3. The van der Waals surface area contributed by atoms with Gasteiger partial charge in [-0.05, 0) is 61.2 Å². The summed E-state index contributed by atoms with van der Waals surface area (Å²) in [6, 6.07) is 15.7. The third-order valence-electron chi connectivity index (χ3n) is 3.69. The minimum atomic E-state index is -0.247. The van der Waals surface area contributed by atoms with E-state index in [0.29, 0.717) is 26.2 Å². The topological polar surface area (TPSA) is 71.3 Å². The number of nitrogens with one attached hydrogen (secondary N) is 1. The second-order valence-corrected chi connectivity index (χ2v) is 6.10. The Labute approximate surface area is 154 Å². The van der Waals surface area contributed by atoms with Crippen molar-refractivity contribution < 1.29 is 14.3 Å². The standard InChI is InChI=1S/C21H24N2O3/c1-16-12-17(2)14-20(13-16)26-11-10-25-19-5-3-4-18(15-19)7-9-23-21(24)6-8-22/h3-5,12-15H,6-7,9-11H2,1-2H3,(H,23,24). The van der Waals surface area contributed by atoms with Gasteiger partial charge in [-0.25, -0.2) is 0 Å². The molecule has 0 aromatic heterocycles. The number of ether oxygens (including phenoxy) is 2. The van der Waals surface area contributed by atoms with Crippen molar-refractivity contribution >= 4 is 5.91 Å². The van der Waals surface area contributed by atoms with Crippen molar-refractivity contribution in [3.05, 3.63) is 59.2 Å². The molecule has 2 aromatic carbocycles. The smallest absolute Gasteiger partial charge is 0.234 e. The molecule has 1 N–H and O–H groups in total. The fourth-order valence-corrected chi connectivity index (χ4v) is 2.61. The lowest BCUT2D eigenvalue weighted by molar-refractivity contribution is -0.120. The fourth-order valence-electron chi connectivity index (χ4n) is 2.61. The molecule has 5 heteroatoms. The van der Waals surface area contributed by atoms with E-state index in [-0.39, 0.29) is 12.3 Å². The van der Waals surface area contributed by atoms with E-state index < -0.39 is 0 Å². The first-order chi connectivity index (χ1) is 12.6. The Kier molecular flexibility index (Phi) is 7.50. The quantitative estimate of drug-likeness (QED) is 0.703. The maximum Gasteiger partial charge on any atom is 0.234 e. The molecule has 0 unspecified atom stereocenters. The summed E-state index contributed by atoms with van der Waals surface area (Å²) in [5, 5.41) is 11.2. The number of aryl methyl sites for hydroxylation is 2. The Hall–Kier alpha value is -3.00. The van der Waals surface area contributed by atoms with Crippen molar-refractivity contribution in [3.63, 3.8) is 0 Å². The second kappa shape index (κ2) is 10.1. The number of nitriles is 1. The van der Waals surface area contributed by atoms with Crippen LogP contribution >= 0.6 is 0 Å². The minimum Gasteiger partial charge on any atom is -0.490 e. The number of rotatable bonds is 9. The van der Waals surface area contributed by atoms with Gasteiger partial charge < -0.3 is 14.8 Å². The normalized spacial score (nSPS) is 10.0. The van der Waals surface area contributed by atoms with Crippen LogP contribution in [-0.2, 0) is 11.2 Å². The van der Waals surface area contributed by atoms with Gasteiger partial charge in [0.15, 0.2) is 0 Å². The van der Waals surface area contributed by atoms with E-state index in [4.69, 9.17) is 14.7 Å². The molecule has 0 fully saturated rings. The highest BCUT2D eigenvalue weighted by Crippen LogP contribution is 2.17. The molecular weight excluding hydrogens is 328 g/mol. The lowest BCUT2D eigenvalue weighted by atomic mass is 10.1. The number of carbonyl (C=O) groups excluding carboxylic acids is 1. The van der Waals surface area contributed by atoms with Crippen molar-refractivity contribution in [1.29, 1.82) is 5.26 Å². The summed E-state index contributed by atoms with van der Waals surface area (Å²) in [6.45, 7) is 5.52. The van der Waals surface area contributed by atoms with E-state index in [0.717, 1.165) is 17.1 Å². The van der Waals surface area contributed by atoms with Gasteiger partial charge in [-0.1, -0.05) is 18.2 Å². The summed E-state index contributed by atoms with van der Waals surface area (Å²) in [5.41, 5.74) is 3.42. The van der Waals surface area contributed by atoms with Crippen LogP contribution in [0.15, 0.2) is 42.5 Å². The molecule has 136 valence electrons. The van der Waals surface area contributed by atoms with Crippen LogP contribution in [-0.4, -0.2) is 25.7 Å². The summed E-state index contributed by atoms with van der Waals surface area (Å²) < 4.78 is 11.5. The first-order valence-corrected chi connectivity index (χ1v) is 8.63.